The van der Waals surface area contributed by atoms with Crippen molar-refractivity contribution < 1.29 is 9.53 Å². The molecule has 38 heavy (non-hydrogen) atoms. The molecule has 4 heterocycles. The molecular formula is C28H34ClN7O2. The molecule has 1 N–H and O–H groups in total. The van der Waals surface area contributed by atoms with E-state index in [1.54, 1.807) is 11.1 Å². The van der Waals surface area contributed by atoms with Crippen molar-refractivity contribution >= 4 is 46.8 Å². The normalized spacial score (nSPS) is 16.7. The third kappa shape index (κ3) is 5.12. The maximum atomic E-state index is 12.7. The van der Waals surface area contributed by atoms with E-state index in [9.17, 15) is 4.79 Å². The van der Waals surface area contributed by atoms with Crippen molar-refractivity contribution in [3.05, 3.63) is 40.4 Å². The highest BCUT2D eigenvalue weighted by molar-refractivity contribution is 6.37. The van der Waals surface area contributed by atoms with Gasteiger partial charge in [0, 0.05) is 60.8 Å². The summed E-state index contributed by atoms with van der Waals surface area (Å²) in [7, 11) is 0. The van der Waals surface area contributed by atoms with Crippen LogP contribution in [0.4, 0.5) is 10.6 Å². The molecule has 0 unspecified atom stereocenters. The molecule has 1 saturated carbocycles. The van der Waals surface area contributed by atoms with Crippen LogP contribution >= 0.6 is 11.6 Å². The lowest BCUT2D eigenvalue weighted by atomic mass is 10.00. The van der Waals surface area contributed by atoms with Crippen LogP contribution in [-0.4, -0.2) is 69.4 Å². The summed E-state index contributed by atoms with van der Waals surface area (Å²) in [6.07, 6.45) is 5.52. The molecule has 0 aromatic carbocycles. The van der Waals surface area contributed by atoms with Crippen LogP contribution in [0.5, 0.6) is 0 Å². The monoisotopic (exact) mass is 535 g/mol. The van der Waals surface area contributed by atoms with Crippen LogP contribution in [0.1, 0.15) is 50.6 Å². The summed E-state index contributed by atoms with van der Waals surface area (Å²) in [5.41, 5.74) is 4.83. The number of hydrogen-bond acceptors (Lipinski definition) is 7. The quantitative estimate of drug-likeness (QED) is 0.414. The summed E-state index contributed by atoms with van der Waals surface area (Å²) in [5, 5.41) is 1.43. The van der Waals surface area contributed by atoms with Gasteiger partial charge < -0.3 is 19.5 Å². The summed E-state index contributed by atoms with van der Waals surface area (Å²) in [5.74, 6) is 1.85. The number of amides is 1. The van der Waals surface area contributed by atoms with Crippen molar-refractivity contribution in [2.45, 2.75) is 53.1 Å². The number of hydrogen-bond donors (Lipinski definition) is 1. The first-order valence-electron chi connectivity index (χ1n) is 13.0. The minimum Gasteiger partial charge on any atom is -0.444 e. The fourth-order valence-electron chi connectivity index (χ4n) is 4.92. The van der Waals surface area contributed by atoms with E-state index < -0.39 is 5.60 Å². The zero-order valence-electron chi connectivity index (χ0n) is 22.6. The van der Waals surface area contributed by atoms with Crippen molar-refractivity contribution in [3.8, 4) is 11.4 Å². The number of aryl methyl sites for hydroxylation is 2. The lowest BCUT2D eigenvalue weighted by Gasteiger charge is -2.37. The first-order chi connectivity index (χ1) is 18.1. The molecule has 3 aromatic rings. The highest BCUT2D eigenvalue weighted by Crippen LogP contribution is 2.46. The highest BCUT2D eigenvalue weighted by atomic mass is 35.5. The maximum absolute atomic E-state index is 12.7. The van der Waals surface area contributed by atoms with Gasteiger partial charge in [-0.25, -0.2) is 19.7 Å². The Kier molecular flexibility index (Phi) is 6.90. The Labute approximate surface area is 228 Å². The van der Waals surface area contributed by atoms with Gasteiger partial charge in [-0.1, -0.05) is 11.6 Å². The van der Waals surface area contributed by atoms with Crippen molar-refractivity contribution in [1.82, 2.24) is 24.8 Å². The summed E-state index contributed by atoms with van der Waals surface area (Å²) in [6, 6.07) is 1.91. The minimum atomic E-state index is -0.532. The minimum absolute atomic E-state index is 0.289. The summed E-state index contributed by atoms with van der Waals surface area (Å²) in [6.45, 7) is 15.6. The maximum Gasteiger partial charge on any atom is 0.410 e. The molecule has 1 saturated heterocycles. The number of H-pyrrole nitrogens is 1. The van der Waals surface area contributed by atoms with Gasteiger partial charge in [0.25, 0.3) is 0 Å². The number of ether oxygens (including phenoxy) is 1. The third-order valence-corrected chi connectivity index (χ3v) is 7.36. The van der Waals surface area contributed by atoms with Crippen molar-refractivity contribution in [1.29, 1.82) is 0 Å². The molecule has 200 valence electrons. The molecule has 3 aromatic heterocycles. The fraction of sp³-hybridized carbons (Fsp3) is 0.464. The number of anilines is 1. The summed E-state index contributed by atoms with van der Waals surface area (Å²) < 4.78 is 5.59. The number of allylic oxidation sites excluding steroid dienone is 1. The van der Waals surface area contributed by atoms with Crippen LogP contribution in [0, 0.1) is 19.8 Å². The Morgan fingerprint density at radius 1 is 1.21 bits per heavy atom. The molecule has 10 heteroatoms. The zero-order valence-corrected chi connectivity index (χ0v) is 23.4. The molecule has 0 atom stereocenters. The van der Waals surface area contributed by atoms with E-state index in [-0.39, 0.29) is 6.09 Å². The molecule has 0 spiro atoms. The van der Waals surface area contributed by atoms with Crippen LogP contribution < -0.4 is 4.90 Å². The van der Waals surface area contributed by atoms with Gasteiger partial charge in [-0.15, -0.1) is 0 Å². The van der Waals surface area contributed by atoms with Gasteiger partial charge in [0.2, 0.25) is 0 Å². The van der Waals surface area contributed by atoms with E-state index in [2.05, 4.69) is 26.6 Å². The third-order valence-electron chi connectivity index (χ3n) is 6.88. The Bertz CT molecular complexity index is 1430. The number of aliphatic imine (C=N–C) groups is 1. The molecule has 0 bridgehead atoms. The fourth-order valence-corrected chi connectivity index (χ4v) is 5.16. The second-order valence-electron chi connectivity index (χ2n) is 11.0. The number of rotatable bonds is 5. The van der Waals surface area contributed by atoms with Gasteiger partial charge in [0.05, 0.1) is 10.7 Å². The Morgan fingerprint density at radius 3 is 2.55 bits per heavy atom. The average molecular weight is 536 g/mol. The predicted molar refractivity (Wildman–Crippen MR) is 152 cm³/mol. The van der Waals surface area contributed by atoms with E-state index >= 15 is 0 Å². The molecule has 5 rings (SSSR count). The second kappa shape index (κ2) is 10.0. The van der Waals surface area contributed by atoms with Gasteiger partial charge in [-0.05, 0) is 71.7 Å². The number of aromatic amines is 1. The first kappa shape index (κ1) is 26.2. The molecule has 1 aliphatic carbocycles. The summed E-state index contributed by atoms with van der Waals surface area (Å²) >= 11 is 6.67. The average Bonchev–Trinajstić information content (AvgIpc) is 3.66. The van der Waals surface area contributed by atoms with Crippen molar-refractivity contribution in [3.63, 3.8) is 0 Å². The van der Waals surface area contributed by atoms with Gasteiger partial charge in [0.1, 0.15) is 17.1 Å². The molecule has 2 aliphatic rings. The molecule has 1 amide bonds. The van der Waals surface area contributed by atoms with Gasteiger partial charge in [-0.3, -0.25) is 4.99 Å². The van der Waals surface area contributed by atoms with Gasteiger partial charge in [-0.2, -0.15) is 0 Å². The van der Waals surface area contributed by atoms with Gasteiger partial charge in [0.15, 0.2) is 5.82 Å². The first-order valence-corrected chi connectivity index (χ1v) is 13.4. The number of halogens is 1. The number of nitrogens with one attached hydrogen (secondary N) is 1. The number of carbonyl (C=O) groups is 1. The van der Waals surface area contributed by atoms with Crippen LogP contribution in [-0.2, 0) is 4.74 Å². The standard InChI is InChI=1S/C28H34ClN7O2/c1-16-21(20(15-30-6)18-7-8-18)26(35-11-13-36(14-12-35)27(37)38-28(3,4)5)34-24(32-16)19-9-10-31-25-22(19)23(29)17(2)33-25/h9-10,15,18H,6-8,11-14H2,1-5H3,(H,31,33)/b20-15-. The zero-order chi connectivity index (χ0) is 27.2. The topological polar surface area (TPSA) is 99.6 Å². The molecule has 9 nitrogen and oxygen atoms in total. The van der Waals surface area contributed by atoms with E-state index in [0.717, 1.165) is 52.1 Å². The SMILES string of the molecule is C=N/C=C(\c1c(C)nc(-c2ccnc3[nH]c(C)c(Cl)c23)nc1N1CCN(C(=O)OC(C)(C)C)CC1)C1CC1. The van der Waals surface area contributed by atoms with Crippen LogP contribution in [0.25, 0.3) is 28.0 Å². The highest BCUT2D eigenvalue weighted by Gasteiger charge is 2.34. The number of nitrogens with zero attached hydrogens (tertiary/aromatic N) is 6. The number of piperazine rings is 1. The number of carbonyl (C=O) groups excluding carboxylic acids is 1. The molecule has 0 radical (unpaired) electrons. The Hall–Kier alpha value is -3.46. The predicted octanol–water partition coefficient (Wildman–Crippen LogP) is 5.80. The van der Waals surface area contributed by atoms with Crippen LogP contribution in [0.15, 0.2) is 23.5 Å². The lowest BCUT2D eigenvalue weighted by Crippen LogP contribution is -2.50. The van der Waals surface area contributed by atoms with Crippen molar-refractivity contribution in [2.75, 3.05) is 31.1 Å². The number of fused-ring (bicyclic) bond motifs is 1. The Balaban J connectivity index is 1.57. The lowest BCUT2D eigenvalue weighted by molar-refractivity contribution is 0.0240. The number of aromatic nitrogens is 4. The molecule has 1 aliphatic heterocycles. The smallest absolute Gasteiger partial charge is 0.410 e. The Morgan fingerprint density at radius 2 is 1.92 bits per heavy atom. The van der Waals surface area contributed by atoms with E-state index in [0.29, 0.717) is 48.6 Å². The molecular weight excluding hydrogens is 502 g/mol. The van der Waals surface area contributed by atoms with Gasteiger partial charge >= 0.3 is 6.09 Å². The molecule has 2 fully saturated rings. The van der Waals surface area contributed by atoms with E-state index in [1.807, 2.05) is 46.9 Å². The largest absolute Gasteiger partial charge is 0.444 e. The number of pyridine rings is 1. The van der Waals surface area contributed by atoms with Crippen LogP contribution in [0.2, 0.25) is 5.02 Å². The van der Waals surface area contributed by atoms with E-state index in [1.165, 1.54) is 0 Å². The van der Waals surface area contributed by atoms with Crippen LogP contribution in [0.3, 0.4) is 0 Å². The van der Waals surface area contributed by atoms with Crippen molar-refractivity contribution in [2.24, 2.45) is 10.9 Å². The second-order valence-corrected chi connectivity index (χ2v) is 11.4. The summed E-state index contributed by atoms with van der Waals surface area (Å²) in [4.78, 5) is 38.6. The van der Waals surface area contributed by atoms with E-state index in [4.69, 9.17) is 26.3 Å².